The number of fused-ring (bicyclic) bond motifs is 2. The molecule has 0 N–H and O–H groups in total. The van der Waals surface area contributed by atoms with Gasteiger partial charge in [0.2, 0.25) is 5.91 Å². The lowest BCUT2D eigenvalue weighted by molar-refractivity contribution is -0.133. The predicted octanol–water partition coefficient (Wildman–Crippen LogP) is 3.44. The number of carbonyl (C=O) groups excluding carboxylic acids is 2. The van der Waals surface area contributed by atoms with Crippen LogP contribution in [0.2, 0.25) is 0 Å². The molecule has 2 aromatic heterocycles. The molecule has 1 aliphatic heterocycles. The van der Waals surface area contributed by atoms with Gasteiger partial charge in [-0.1, -0.05) is 30.3 Å². The quantitative estimate of drug-likeness (QED) is 0.449. The first-order chi connectivity index (χ1) is 15.5. The first-order valence-corrected chi connectivity index (χ1v) is 11.5. The number of Topliss-reactive ketones (excluding diaryl/α,β-unsaturated/α-hetero) is 1. The Bertz CT molecular complexity index is 1370. The molecule has 0 unspecified atom stereocenters. The van der Waals surface area contributed by atoms with Crippen LogP contribution in [0.5, 0.6) is 0 Å². The number of ketones is 1. The molecule has 32 heavy (non-hydrogen) atoms. The van der Waals surface area contributed by atoms with Crippen LogP contribution in [0.3, 0.4) is 0 Å². The molecule has 0 spiro atoms. The van der Waals surface area contributed by atoms with Gasteiger partial charge in [-0.05, 0) is 38.0 Å². The van der Waals surface area contributed by atoms with Crippen molar-refractivity contribution in [3.63, 3.8) is 0 Å². The zero-order valence-corrected chi connectivity index (χ0v) is 18.5. The Morgan fingerprint density at radius 1 is 1.03 bits per heavy atom. The van der Waals surface area contributed by atoms with Crippen LogP contribution in [0.1, 0.15) is 28.3 Å². The third-order valence-electron chi connectivity index (χ3n) is 6.06. The number of likely N-dealkylation sites (tertiary alicyclic amines) is 1. The fraction of sp³-hybridized carbons (Fsp3) is 0.292. The number of amides is 1. The third kappa shape index (κ3) is 3.71. The summed E-state index contributed by atoms with van der Waals surface area (Å²) < 4.78 is 2.25. The van der Waals surface area contributed by atoms with Crippen molar-refractivity contribution in [1.29, 1.82) is 0 Å². The average Bonchev–Trinajstić information content (AvgIpc) is 3.26. The SMILES string of the molecule is Cc1nn(CC(=O)N2CCC(C(=O)c3nc4ccccc4s3)CC2)c(=O)c2ccccc12. The number of hydrogen-bond acceptors (Lipinski definition) is 6. The van der Waals surface area contributed by atoms with Crippen LogP contribution in [-0.2, 0) is 11.3 Å². The lowest BCUT2D eigenvalue weighted by atomic mass is 9.92. The van der Waals surface area contributed by atoms with Crippen molar-refractivity contribution in [1.82, 2.24) is 19.7 Å². The van der Waals surface area contributed by atoms with E-state index in [1.165, 1.54) is 16.0 Å². The van der Waals surface area contributed by atoms with Gasteiger partial charge < -0.3 is 4.90 Å². The van der Waals surface area contributed by atoms with Gasteiger partial charge in [-0.3, -0.25) is 14.4 Å². The van der Waals surface area contributed by atoms with Gasteiger partial charge >= 0.3 is 0 Å². The Morgan fingerprint density at radius 3 is 2.47 bits per heavy atom. The minimum Gasteiger partial charge on any atom is -0.341 e. The minimum atomic E-state index is -0.263. The van der Waals surface area contributed by atoms with Crippen LogP contribution < -0.4 is 5.56 Å². The van der Waals surface area contributed by atoms with E-state index >= 15 is 0 Å². The number of hydrogen-bond donors (Lipinski definition) is 0. The van der Waals surface area contributed by atoms with E-state index in [0.717, 1.165) is 15.6 Å². The second-order valence-electron chi connectivity index (χ2n) is 8.10. The number of carbonyl (C=O) groups is 2. The molecule has 1 aliphatic rings. The average molecular weight is 447 g/mol. The Hall–Kier alpha value is -3.39. The van der Waals surface area contributed by atoms with Crippen LogP contribution in [0, 0.1) is 12.8 Å². The van der Waals surface area contributed by atoms with Gasteiger partial charge in [0.05, 0.1) is 21.3 Å². The highest BCUT2D eigenvalue weighted by atomic mass is 32.1. The largest absolute Gasteiger partial charge is 0.341 e. The molecule has 0 saturated carbocycles. The van der Waals surface area contributed by atoms with E-state index < -0.39 is 0 Å². The summed E-state index contributed by atoms with van der Waals surface area (Å²) in [4.78, 5) is 44.8. The molecule has 4 aromatic rings. The van der Waals surface area contributed by atoms with Gasteiger partial charge in [0.15, 0.2) is 10.8 Å². The summed E-state index contributed by atoms with van der Waals surface area (Å²) in [6.45, 7) is 2.71. The lowest BCUT2D eigenvalue weighted by Gasteiger charge is -2.31. The molecular weight excluding hydrogens is 424 g/mol. The Morgan fingerprint density at radius 2 is 1.72 bits per heavy atom. The van der Waals surface area contributed by atoms with Gasteiger partial charge in [0.25, 0.3) is 5.56 Å². The lowest BCUT2D eigenvalue weighted by Crippen LogP contribution is -2.43. The van der Waals surface area contributed by atoms with Gasteiger partial charge in [-0.2, -0.15) is 5.10 Å². The van der Waals surface area contributed by atoms with E-state index in [4.69, 9.17) is 0 Å². The summed E-state index contributed by atoms with van der Waals surface area (Å²) in [7, 11) is 0. The zero-order chi connectivity index (χ0) is 22.2. The van der Waals surface area contributed by atoms with Gasteiger partial charge in [-0.15, -0.1) is 11.3 Å². The molecule has 0 atom stereocenters. The number of thiazole rings is 1. The maximum absolute atomic E-state index is 12.9. The number of rotatable bonds is 4. The Balaban J connectivity index is 1.26. The van der Waals surface area contributed by atoms with Gasteiger partial charge in [0.1, 0.15) is 6.54 Å². The molecule has 0 radical (unpaired) electrons. The van der Waals surface area contributed by atoms with Gasteiger partial charge in [0, 0.05) is 24.4 Å². The second-order valence-corrected chi connectivity index (χ2v) is 9.13. The molecule has 7 nitrogen and oxygen atoms in total. The highest BCUT2D eigenvalue weighted by Gasteiger charge is 2.30. The first kappa shape index (κ1) is 20.5. The van der Waals surface area contributed by atoms with Crippen LogP contribution in [-0.4, -0.2) is 44.4 Å². The summed E-state index contributed by atoms with van der Waals surface area (Å²) in [6, 6.07) is 15.0. The monoisotopic (exact) mass is 446 g/mol. The maximum Gasteiger partial charge on any atom is 0.275 e. The van der Waals surface area contributed by atoms with E-state index in [0.29, 0.717) is 42.0 Å². The fourth-order valence-corrected chi connectivity index (χ4v) is 5.27. The number of para-hydroxylation sites is 1. The summed E-state index contributed by atoms with van der Waals surface area (Å²) >= 11 is 1.42. The number of piperidine rings is 1. The summed E-state index contributed by atoms with van der Waals surface area (Å²) in [5.41, 5.74) is 1.30. The molecule has 3 heterocycles. The molecular formula is C24H22N4O3S. The van der Waals surface area contributed by atoms with E-state index in [-0.39, 0.29) is 29.7 Å². The van der Waals surface area contributed by atoms with Crippen molar-refractivity contribution in [2.24, 2.45) is 5.92 Å². The van der Waals surface area contributed by atoms with Crippen LogP contribution >= 0.6 is 11.3 Å². The van der Waals surface area contributed by atoms with Crippen molar-refractivity contribution < 1.29 is 9.59 Å². The number of benzene rings is 2. The van der Waals surface area contributed by atoms with E-state index in [9.17, 15) is 14.4 Å². The summed E-state index contributed by atoms with van der Waals surface area (Å²) in [6.07, 6.45) is 1.19. The number of aromatic nitrogens is 3. The van der Waals surface area contributed by atoms with Crippen LogP contribution in [0.15, 0.2) is 53.3 Å². The molecule has 1 saturated heterocycles. The van der Waals surface area contributed by atoms with Crippen molar-refractivity contribution in [3.8, 4) is 0 Å². The Kier molecular flexibility index (Phi) is 5.30. The Labute approximate surface area is 188 Å². The molecule has 2 aromatic carbocycles. The van der Waals surface area contributed by atoms with E-state index in [1.807, 2.05) is 49.4 Å². The van der Waals surface area contributed by atoms with Crippen molar-refractivity contribution in [2.75, 3.05) is 13.1 Å². The maximum atomic E-state index is 12.9. The minimum absolute atomic E-state index is 0.0568. The third-order valence-corrected chi connectivity index (χ3v) is 7.11. The molecule has 1 fully saturated rings. The first-order valence-electron chi connectivity index (χ1n) is 10.7. The van der Waals surface area contributed by atoms with Crippen molar-refractivity contribution in [3.05, 3.63) is 69.6 Å². The molecule has 162 valence electrons. The standard InChI is InChI=1S/C24H22N4O3S/c1-15-17-6-2-3-7-18(17)24(31)28(26-15)14-21(29)27-12-10-16(11-13-27)22(30)23-25-19-8-4-5-9-20(19)32-23/h2-9,16H,10-14H2,1H3. The highest BCUT2D eigenvalue weighted by Crippen LogP contribution is 2.27. The summed E-state index contributed by atoms with van der Waals surface area (Å²) in [5.74, 6) is -0.232. The normalized spacial score (nSPS) is 14.8. The summed E-state index contributed by atoms with van der Waals surface area (Å²) in [5, 5.41) is 6.24. The van der Waals surface area contributed by atoms with Crippen LogP contribution in [0.4, 0.5) is 0 Å². The van der Waals surface area contributed by atoms with Crippen molar-refractivity contribution in [2.45, 2.75) is 26.3 Å². The van der Waals surface area contributed by atoms with Gasteiger partial charge in [-0.25, -0.2) is 9.67 Å². The van der Waals surface area contributed by atoms with E-state index in [1.54, 1.807) is 11.0 Å². The van der Waals surface area contributed by atoms with Crippen molar-refractivity contribution >= 4 is 44.0 Å². The second kappa shape index (κ2) is 8.27. The molecule has 0 aliphatic carbocycles. The fourth-order valence-electron chi connectivity index (χ4n) is 4.28. The predicted molar refractivity (Wildman–Crippen MR) is 124 cm³/mol. The topological polar surface area (TPSA) is 85.2 Å². The number of aryl methyl sites for hydroxylation is 1. The smallest absolute Gasteiger partial charge is 0.275 e. The molecule has 5 rings (SSSR count). The highest BCUT2D eigenvalue weighted by molar-refractivity contribution is 7.20. The number of nitrogens with zero attached hydrogens (tertiary/aromatic N) is 4. The molecule has 0 bridgehead atoms. The van der Waals surface area contributed by atoms with E-state index in [2.05, 4.69) is 10.1 Å². The van der Waals surface area contributed by atoms with Crippen LogP contribution in [0.25, 0.3) is 21.0 Å². The molecule has 1 amide bonds. The zero-order valence-electron chi connectivity index (χ0n) is 17.7. The molecule has 8 heteroatoms.